The van der Waals surface area contributed by atoms with Crippen LogP contribution < -0.4 is 5.32 Å². The van der Waals surface area contributed by atoms with E-state index in [2.05, 4.69) is 33.4 Å². The molecular formula is C16H16BrNOS. The molecule has 0 aromatic heterocycles. The molecular weight excluding hydrogens is 334 g/mol. The van der Waals surface area contributed by atoms with Gasteiger partial charge in [0.15, 0.2) is 0 Å². The van der Waals surface area contributed by atoms with E-state index in [1.165, 1.54) is 5.56 Å². The first kappa shape index (κ1) is 15.1. The number of carbonyl (C=O) groups excluding carboxylic acids is 1. The molecule has 0 saturated carbocycles. The van der Waals surface area contributed by atoms with Crippen LogP contribution in [0.5, 0.6) is 0 Å². The van der Waals surface area contributed by atoms with E-state index in [9.17, 15) is 4.79 Å². The van der Waals surface area contributed by atoms with Crippen LogP contribution in [-0.4, -0.2) is 12.2 Å². The maximum Gasteiger partial charge on any atom is 0.252 e. The maximum atomic E-state index is 12.2. The van der Waals surface area contributed by atoms with Crippen molar-refractivity contribution in [1.82, 2.24) is 5.32 Å². The fraction of sp³-hybridized carbons (Fsp3) is 0.188. The molecule has 0 bridgehead atoms. The Morgan fingerprint density at radius 2 is 1.90 bits per heavy atom. The Bertz CT molecular complexity index is 601. The van der Waals surface area contributed by atoms with Crippen LogP contribution in [0.25, 0.3) is 0 Å². The van der Waals surface area contributed by atoms with Gasteiger partial charge in [0, 0.05) is 16.8 Å². The molecule has 104 valence electrons. The molecule has 0 spiro atoms. The van der Waals surface area contributed by atoms with E-state index in [4.69, 9.17) is 0 Å². The first-order valence-corrected chi connectivity index (χ1v) is 8.64. The van der Waals surface area contributed by atoms with Crippen molar-refractivity contribution in [1.29, 1.82) is 0 Å². The minimum Gasteiger partial charge on any atom is -0.348 e. The Morgan fingerprint density at radius 1 is 1.15 bits per heavy atom. The summed E-state index contributed by atoms with van der Waals surface area (Å²) in [6.07, 6.45) is 1.98. The second-order valence-corrected chi connectivity index (χ2v) is 5.75. The zero-order valence-electron chi connectivity index (χ0n) is 11.2. The number of benzene rings is 2. The summed E-state index contributed by atoms with van der Waals surface area (Å²) in [6, 6.07) is 15.8. The highest BCUT2D eigenvalue weighted by Crippen LogP contribution is 2.19. The summed E-state index contributed by atoms with van der Waals surface area (Å²) in [5.74, 6) is -0.0285. The normalized spacial score (nSPS) is 10.3. The monoisotopic (exact) mass is 349 g/mol. The van der Waals surface area contributed by atoms with E-state index in [0.29, 0.717) is 6.54 Å². The zero-order chi connectivity index (χ0) is 14.4. The Labute approximate surface area is 132 Å². The van der Waals surface area contributed by atoms with Crippen molar-refractivity contribution in [2.24, 2.45) is 0 Å². The molecule has 0 aliphatic heterocycles. The Hall–Kier alpha value is -1.26. The van der Waals surface area contributed by atoms with Crippen molar-refractivity contribution in [3.8, 4) is 0 Å². The predicted octanol–water partition coefficient (Wildman–Crippen LogP) is 4.23. The fourth-order valence-electron chi connectivity index (χ4n) is 1.93. The molecule has 0 atom stereocenters. The van der Waals surface area contributed by atoms with E-state index in [0.717, 1.165) is 21.4 Å². The number of alkyl halides is 1. The largest absolute Gasteiger partial charge is 0.348 e. The van der Waals surface area contributed by atoms with Gasteiger partial charge in [-0.15, -0.1) is 11.8 Å². The van der Waals surface area contributed by atoms with Gasteiger partial charge < -0.3 is 5.32 Å². The van der Waals surface area contributed by atoms with Crippen LogP contribution in [0.2, 0.25) is 0 Å². The van der Waals surface area contributed by atoms with Crippen LogP contribution in [-0.2, 0) is 11.9 Å². The summed E-state index contributed by atoms with van der Waals surface area (Å²) in [6.45, 7) is 0.544. The lowest BCUT2D eigenvalue weighted by Gasteiger charge is -2.09. The number of rotatable bonds is 5. The lowest BCUT2D eigenvalue weighted by molar-refractivity contribution is 0.0948. The molecule has 2 rings (SSSR count). The molecule has 0 aliphatic rings. The standard InChI is InChI=1S/C16H16BrNOS/c1-20-15-8-3-2-7-14(15)16(19)18-11-13-6-4-5-12(9-13)10-17/h2-9H,10-11H2,1H3,(H,18,19). The highest BCUT2D eigenvalue weighted by molar-refractivity contribution is 9.08. The third-order valence-corrected chi connectivity index (χ3v) is 4.39. The van der Waals surface area contributed by atoms with Crippen LogP contribution in [0.3, 0.4) is 0 Å². The smallest absolute Gasteiger partial charge is 0.252 e. The van der Waals surface area contributed by atoms with Crippen molar-refractivity contribution in [2.45, 2.75) is 16.8 Å². The molecule has 0 heterocycles. The molecule has 20 heavy (non-hydrogen) atoms. The third-order valence-electron chi connectivity index (χ3n) is 2.95. The van der Waals surface area contributed by atoms with Crippen LogP contribution in [0.4, 0.5) is 0 Å². The lowest BCUT2D eigenvalue weighted by Crippen LogP contribution is -2.23. The molecule has 0 saturated heterocycles. The van der Waals surface area contributed by atoms with Gasteiger partial charge in [0.1, 0.15) is 0 Å². The van der Waals surface area contributed by atoms with Gasteiger partial charge in [0.25, 0.3) is 5.91 Å². The van der Waals surface area contributed by atoms with Crippen LogP contribution >= 0.6 is 27.7 Å². The summed E-state index contributed by atoms with van der Waals surface area (Å²) in [5, 5.41) is 3.80. The summed E-state index contributed by atoms with van der Waals surface area (Å²) in [4.78, 5) is 13.2. The van der Waals surface area contributed by atoms with Gasteiger partial charge in [-0.05, 0) is 29.5 Å². The van der Waals surface area contributed by atoms with E-state index in [1.54, 1.807) is 11.8 Å². The van der Waals surface area contributed by atoms with Crippen molar-refractivity contribution < 1.29 is 4.79 Å². The summed E-state index contributed by atoms with van der Waals surface area (Å²) in [7, 11) is 0. The van der Waals surface area contributed by atoms with Crippen LogP contribution in [0.1, 0.15) is 21.5 Å². The number of amides is 1. The highest BCUT2D eigenvalue weighted by atomic mass is 79.9. The first-order valence-electron chi connectivity index (χ1n) is 6.29. The van der Waals surface area contributed by atoms with E-state index >= 15 is 0 Å². The van der Waals surface area contributed by atoms with E-state index in [1.807, 2.05) is 42.7 Å². The van der Waals surface area contributed by atoms with Gasteiger partial charge in [-0.1, -0.05) is 52.3 Å². The number of nitrogens with one attached hydrogen (secondary N) is 1. The van der Waals surface area contributed by atoms with Crippen molar-refractivity contribution in [2.75, 3.05) is 6.26 Å². The number of hydrogen-bond donors (Lipinski definition) is 1. The molecule has 0 fully saturated rings. The Morgan fingerprint density at radius 3 is 2.65 bits per heavy atom. The maximum absolute atomic E-state index is 12.2. The number of carbonyl (C=O) groups is 1. The topological polar surface area (TPSA) is 29.1 Å². The first-order chi connectivity index (χ1) is 9.74. The Kier molecular flexibility index (Phi) is 5.68. The average molecular weight is 350 g/mol. The van der Waals surface area contributed by atoms with Crippen molar-refractivity contribution in [3.63, 3.8) is 0 Å². The minimum atomic E-state index is -0.0285. The van der Waals surface area contributed by atoms with Crippen molar-refractivity contribution in [3.05, 3.63) is 65.2 Å². The third kappa shape index (κ3) is 3.87. The van der Waals surface area contributed by atoms with Gasteiger partial charge >= 0.3 is 0 Å². The molecule has 1 amide bonds. The minimum absolute atomic E-state index is 0.0285. The SMILES string of the molecule is CSc1ccccc1C(=O)NCc1cccc(CBr)c1. The summed E-state index contributed by atoms with van der Waals surface area (Å²) in [5.41, 5.74) is 3.05. The van der Waals surface area contributed by atoms with Gasteiger partial charge in [0.05, 0.1) is 5.56 Å². The molecule has 4 heteroatoms. The molecule has 2 aromatic rings. The molecule has 1 N–H and O–H groups in total. The second-order valence-electron chi connectivity index (χ2n) is 4.34. The molecule has 0 aliphatic carbocycles. The second kappa shape index (κ2) is 7.50. The van der Waals surface area contributed by atoms with Crippen LogP contribution in [0.15, 0.2) is 53.4 Å². The molecule has 0 unspecified atom stereocenters. The molecule has 0 radical (unpaired) electrons. The number of thioether (sulfide) groups is 1. The van der Waals surface area contributed by atoms with E-state index < -0.39 is 0 Å². The van der Waals surface area contributed by atoms with Gasteiger partial charge in [-0.2, -0.15) is 0 Å². The Balaban J connectivity index is 2.04. The fourth-order valence-corrected chi connectivity index (χ4v) is 2.88. The number of hydrogen-bond acceptors (Lipinski definition) is 2. The van der Waals surface area contributed by atoms with Crippen LogP contribution in [0, 0.1) is 0 Å². The van der Waals surface area contributed by atoms with E-state index in [-0.39, 0.29) is 5.91 Å². The zero-order valence-corrected chi connectivity index (χ0v) is 13.6. The lowest BCUT2D eigenvalue weighted by atomic mass is 10.1. The van der Waals surface area contributed by atoms with Gasteiger partial charge in [-0.3, -0.25) is 4.79 Å². The van der Waals surface area contributed by atoms with Gasteiger partial charge in [-0.25, -0.2) is 0 Å². The molecule has 2 aromatic carbocycles. The highest BCUT2D eigenvalue weighted by Gasteiger charge is 2.09. The summed E-state index contributed by atoms with van der Waals surface area (Å²) >= 11 is 5.02. The predicted molar refractivity (Wildman–Crippen MR) is 88.5 cm³/mol. The van der Waals surface area contributed by atoms with Gasteiger partial charge in [0.2, 0.25) is 0 Å². The molecule has 2 nitrogen and oxygen atoms in total. The van der Waals surface area contributed by atoms with Crippen molar-refractivity contribution >= 4 is 33.6 Å². The summed E-state index contributed by atoms with van der Waals surface area (Å²) < 4.78 is 0. The average Bonchev–Trinajstić information content (AvgIpc) is 2.52. The number of halogens is 1. The quantitative estimate of drug-likeness (QED) is 0.646.